The Balaban J connectivity index is 1.75. The van der Waals surface area contributed by atoms with Crippen molar-refractivity contribution in [3.05, 3.63) is 62.3 Å². The van der Waals surface area contributed by atoms with Crippen LogP contribution >= 0.6 is 11.3 Å². The zero-order valence-corrected chi connectivity index (χ0v) is 19.6. The molecule has 1 aromatic carbocycles. The number of carbonyl (C=O) groups is 1. The summed E-state index contributed by atoms with van der Waals surface area (Å²) in [6.07, 6.45) is 2.00. The average Bonchev–Trinajstić information content (AvgIpc) is 3.22. The van der Waals surface area contributed by atoms with Crippen LogP contribution in [0.1, 0.15) is 46.5 Å². The number of amides is 1. The summed E-state index contributed by atoms with van der Waals surface area (Å²) < 4.78 is 20.3. The van der Waals surface area contributed by atoms with E-state index in [4.69, 9.17) is 4.74 Å². The molecule has 0 saturated heterocycles. The molecule has 4 rings (SSSR count). The van der Waals surface area contributed by atoms with E-state index in [1.165, 1.54) is 23.5 Å². The number of pyridine rings is 1. The molecule has 0 unspecified atom stereocenters. The average molecular weight is 473 g/mol. The predicted molar refractivity (Wildman–Crippen MR) is 122 cm³/mol. The highest BCUT2D eigenvalue weighted by molar-refractivity contribution is 7.14. The normalized spacial score (nSPS) is 15.9. The molecule has 3 aromatic rings. The molecule has 1 aliphatic heterocycles. The van der Waals surface area contributed by atoms with Crippen LogP contribution in [0.4, 0.5) is 4.39 Å². The van der Waals surface area contributed by atoms with Crippen LogP contribution in [0.25, 0.3) is 10.6 Å². The first-order valence-corrected chi connectivity index (χ1v) is 11.4. The van der Waals surface area contributed by atoms with E-state index in [0.717, 1.165) is 11.1 Å². The summed E-state index contributed by atoms with van der Waals surface area (Å²) in [5.41, 5.74) is 1.16. The molecule has 1 amide bonds. The van der Waals surface area contributed by atoms with Crippen LogP contribution in [0, 0.1) is 12.7 Å². The number of hydrogen-bond donors (Lipinski definition) is 1. The van der Waals surface area contributed by atoms with Gasteiger partial charge in [0.05, 0.1) is 18.2 Å². The van der Waals surface area contributed by atoms with Gasteiger partial charge in [-0.25, -0.2) is 4.39 Å². The lowest BCUT2D eigenvalue weighted by molar-refractivity contribution is 0.0511. The Kier molecular flexibility index (Phi) is 6.31. The highest BCUT2D eigenvalue weighted by atomic mass is 32.1. The topological polar surface area (TPSA) is 97.6 Å². The zero-order valence-electron chi connectivity index (χ0n) is 18.8. The molecule has 1 N–H and O–H groups in total. The van der Waals surface area contributed by atoms with Crippen LogP contribution in [-0.4, -0.2) is 57.0 Å². The van der Waals surface area contributed by atoms with Crippen LogP contribution in [0.3, 0.4) is 0 Å². The highest BCUT2D eigenvalue weighted by Crippen LogP contribution is 2.31. The molecule has 174 valence electrons. The van der Waals surface area contributed by atoms with Gasteiger partial charge in [-0.3, -0.25) is 9.59 Å². The number of hydrogen-bond acceptors (Lipinski definition) is 7. The molecule has 0 radical (unpaired) electrons. The van der Waals surface area contributed by atoms with Crippen LogP contribution in [0.5, 0.6) is 5.75 Å². The summed E-state index contributed by atoms with van der Waals surface area (Å²) in [7, 11) is 1.56. The number of aryl methyl sites for hydroxylation is 1. The number of ether oxygens (including phenoxy) is 1. The number of aromatic nitrogens is 3. The van der Waals surface area contributed by atoms with E-state index in [1.54, 1.807) is 28.8 Å². The summed E-state index contributed by atoms with van der Waals surface area (Å²) in [4.78, 5) is 27.6. The van der Waals surface area contributed by atoms with Gasteiger partial charge < -0.3 is 19.3 Å². The Morgan fingerprint density at radius 2 is 2.06 bits per heavy atom. The third kappa shape index (κ3) is 4.28. The van der Waals surface area contributed by atoms with E-state index in [0.29, 0.717) is 29.6 Å². The smallest absolute Gasteiger partial charge is 0.274 e. The van der Waals surface area contributed by atoms with Crippen molar-refractivity contribution in [3.63, 3.8) is 0 Å². The van der Waals surface area contributed by atoms with E-state index >= 15 is 0 Å². The zero-order chi connectivity index (χ0) is 23.9. The fourth-order valence-electron chi connectivity index (χ4n) is 4.03. The van der Waals surface area contributed by atoms with Gasteiger partial charge in [-0.2, -0.15) is 0 Å². The van der Waals surface area contributed by atoms with Gasteiger partial charge in [0.1, 0.15) is 10.8 Å². The minimum absolute atomic E-state index is 0.0441. The lowest BCUT2D eigenvalue weighted by Gasteiger charge is -2.38. The number of methoxy groups -OCH3 is 1. The van der Waals surface area contributed by atoms with Crippen molar-refractivity contribution >= 4 is 17.2 Å². The van der Waals surface area contributed by atoms with Crippen LogP contribution in [-0.2, 0) is 11.2 Å². The van der Waals surface area contributed by atoms with Gasteiger partial charge in [-0.1, -0.05) is 17.4 Å². The van der Waals surface area contributed by atoms with Gasteiger partial charge in [0, 0.05) is 32.3 Å². The second-order valence-electron chi connectivity index (χ2n) is 8.39. The number of nitrogens with zero attached hydrogens (tertiary/aromatic N) is 4. The third-order valence-corrected chi connectivity index (χ3v) is 6.76. The van der Waals surface area contributed by atoms with Gasteiger partial charge in [-0.15, -0.1) is 10.2 Å². The van der Waals surface area contributed by atoms with Crippen molar-refractivity contribution in [2.24, 2.45) is 0 Å². The quantitative estimate of drug-likeness (QED) is 0.592. The molecule has 3 heterocycles. The first kappa shape index (κ1) is 23.1. The molecular formula is C23H25FN4O4S. The van der Waals surface area contributed by atoms with E-state index in [-0.39, 0.29) is 29.2 Å². The Labute approximate surface area is 194 Å². The lowest BCUT2D eigenvalue weighted by atomic mass is 10.1. The summed E-state index contributed by atoms with van der Waals surface area (Å²) >= 11 is 1.22. The maximum absolute atomic E-state index is 13.4. The van der Waals surface area contributed by atoms with Crippen molar-refractivity contribution in [2.75, 3.05) is 20.3 Å². The minimum Gasteiger partial charge on any atom is -0.503 e. The summed E-state index contributed by atoms with van der Waals surface area (Å²) in [6, 6.07) is 4.18. The molecule has 8 nitrogen and oxygen atoms in total. The molecule has 0 saturated carbocycles. The number of rotatable bonds is 6. The molecule has 0 aliphatic carbocycles. The minimum atomic E-state index is -0.669. The summed E-state index contributed by atoms with van der Waals surface area (Å²) in [5.74, 6) is -1.30. The number of aromatic hydroxyl groups is 1. The number of fused-ring (bicyclic) bond motifs is 1. The SMILES string of the molecule is COC[C@H]1CN(C(C)C)C(=O)c2c(O)c(=O)c(-c3nnc(Cc4ccc(F)cc4C)s3)cn21. The third-order valence-electron chi connectivity index (χ3n) is 5.80. The van der Waals surface area contributed by atoms with Gasteiger partial charge in [0.2, 0.25) is 5.43 Å². The number of benzene rings is 1. The largest absolute Gasteiger partial charge is 0.503 e. The Bertz CT molecular complexity index is 1270. The molecular weight excluding hydrogens is 447 g/mol. The van der Waals surface area contributed by atoms with Crippen molar-refractivity contribution in [1.29, 1.82) is 0 Å². The van der Waals surface area contributed by atoms with Crippen LogP contribution < -0.4 is 5.43 Å². The molecule has 0 spiro atoms. The first-order chi connectivity index (χ1) is 15.7. The highest BCUT2D eigenvalue weighted by Gasteiger charge is 2.36. The lowest BCUT2D eigenvalue weighted by Crippen LogP contribution is -2.48. The van der Waals surface area contributed by atoms with Crippen molar-refractivity contribution in [3.8, 4) is 16.3 Å². The van der Waals surface area contributed by atoms with Gasteiger partial charge in [0.15, 0.2) is 16.5 Å². The van der Waals surface area contributed by atoms with E-state index in [9.17, 15) is 19.1 Å². The second-order valence-corrected chi connectivity index (χ2v) is 9.45. The molecule has 1 aliphatic rings. The Morgan fingerprint density at radius 3 is 2.73 bits per heavy atom. The van der Waals surface area contributed by atoms with Crippen molar-refractivity contribution < 1.29 is 19.0 Å². The van der Waals surface area contributed by atoms with Crippen LogP contribution in [0.15, 0.2) is 29.2 Å². The molecule has 2 aromatic heterocycles. The molecule has 33 heavy (non-hydrogen) atoms. The van der Waals surface area contributed by atoms with Gasteiger partial charge in [-0.05, 0) is 44.0 Å². The molecule has 1 atom stereocenters. The Morgan fingerprint density at radius 1 is 1.30 bits per heavy atom. The molecule has 0 fully saturated rings. The Hall–Kier alpha value is -3.11. The van der Waals surface area contributed by atoms with Gasteiger partial charge >= 0.3 is 0 Å². The fourth-order valence-corrected chi connectivity index (χ4v) is 4.90. The van der Waals surface area contributed by atoms with E-state index < -0.39 is 17.1 Å². The second kappa shape index (κ2) is 9.03. The fraction of sp³-hybridized carbons (Fsp3) is 0.391. The van der Waals surface area contributed by atoms with Crippen LogP contribution in [0.2, 0.25) is 0 Å². The maximum Gasteiger partial charge on any atom is 0.274 e. The predicted octanol–water partition coefficient (Wildman–Crippen LogP) is 3.16. The maximum atomic E-state index is 13.4. The first-order valence-electron chi connectivity index (χ1n) is 10.6. The van der Waals surface area contributed by atoms with E-state index in [1.807, 2.05) is 20.8 Å². The standard InChI is InChI=1S/C23H25FN4O4S/c1-12(2)27-9-16(11-32-4)28-10-17(20(29)21(30)19(28)23(27)31)22-26-25-18(33-22)8-14-5-6-15(24)7-13(14)3/h5-7,10,12,16,30H,8-9,11H2,1-4H3/t16-/m1/s1. The summed E-state index contributed by atoms with van der Waals surface area (Å²) in [5, 5.41) is 20.1. The monoisotopic (exact) mass is 472 g/mol. The van der Waals surface area contributed by atoms with Crippen molar-refractivity contribution in [1.82, 2.24) is 19.7 Å². The number of carbonyl (C=O) groups excluding carboxylic acids is 1. The molecule has 0 bridgehead atoms. The molecule has 10 heteroatoms. The van der Waals surface area contributed by atoms with Crippen molar-refractivity contribution in [2.45, 2.75) is 39.3 Å². The van der Waals surface area contributed by atoms with Gasteiger partial charge in [0.25, 0.3) is 5.91 Å². The number of halogens is 1. The summed E-state index contributed by atoms with van der Waals surface area (Å²) in [6.45, 7) is 6.28. The van der Waals surface area contributed by atoms with E-state index in [2.05, 4.69) is 10.2 Å².